The van der Waals surface area contributed by atoms with E-state index >= 15 is 0 Å². The summed E-state index contributed by atoms with van der Waals surface area (Å²) in [5, 5.41) is 4.35. The number of nitrogens with zero attached hydrogens (tertiary/aromatic N) is 6. The zero-order valence-electron chi connectivity index (χ0n) is 35.3. The molecule has 11 rings (SSSR count). The van der Waals surface area contributed by atoms with Crippen molar-refractivity contribution in [3.8, 4) is 56.5 Å². The van der Waals surface area contributed by atoms with Crippen molar-refractivity contribution in [2.24, 2.45) is 11.5 Å². The van der Waals surface area contributed by atoms with Crippen LogP contribution in [0.25, 0.3) is 62.0 Å². The van der Waals surface area contributed by atoms with Crippen LogP contribution in [0.1, 0.15) is 60.0 Å². The third kappa shape index (κ3) is 7.24. The van der Waals surface area contributed by atoms with Gasteiger partial charge in [-0.3, -0.25) is 8.80 Å². The molecule has 0 saturated heterocycles. The van der Waals surface area contributed by atoms with Crippen LogP contribution in [0.3, 0.4) is 0 Å². The topological polar surface area (TPSA) is 140 Å². The number of carbonyl (C=O) groups is 1. The fourth-order valence-electron chi connectivity index (χ4n) is 8.85. The predicted octanol–water partition coefficient (Wildman–Crippen LogP) is 9.99. The summed E-state index contributed by atoms with van der Waals surface area (Å²) in [6.45, 7) is 0. The maximum Gasteiger partial charge on any atom is 0.339 e. The highest BCUT2D eigenvalue weighted by molar-refractivity contribution is 5.92. The summed E-state index contributed by atoms with van der Waals surface area (Å²) in [5.41, 5.74) is 25.9. The van der Waals surface area contributed by atoms with Crippen molar-refractivity contribution in [2.75, 3.05) is 14.2 Å². The van der Waals surface area contributed by atoms with Crippen molar-refractivity contribution in [3.63, 3.8) is 0 Å². The average molecular weight is 833 g/mol. The molecular formula is C52H48N8O3. The third-order valence-electron chi connectivity index (χ3n) is 12.8. The number of hydrogen-bond donors (Lipinski definition) is 2. The lowest BCUT2D eigenvalue weighted by Gasteiger charge is -2.38. The Morgan fingerprint density at radius 2 is 1.17 bits per heavy atom. The predicted molar refractivity (Wildman–Crippen MR) is 247 cm³/mol. The Bertz CT molecular complexity index is 3060. The number of methoxy groups -OCH3 is 2. The summed E-state index contributed by atoms with van der Waals surface area (Å²) in [7, 11) is 2.94. The maximum atomic E-state index is 12.3. The van der Waals surface area contributed by atoms with Gasteiger partial charge in [0, 0.05) is 64.2 Å². The normalized spacial score (nSPS) is 14.9. The van der Waals surface area contributed by atoms with Gasteiger partial charge in [-0.1, -0.05) is 109 Å². The molecule has 0 spiro atoms. The Hall–Kier alpha value is -7.34. The lowest BCUT2D eigenvalue weighted by atomic mass is 9.72. The van der Waals surface area contributed by atoms with Gasteiger partial charge in [-0.2, -0.15) is 5.10 Å². The highest BCUT2D eigenvalue weighted by atomic mass is 16.5. The van der Waals surface area contributed by atoms with Crippen LogP contribution < -0.4 is 16.2 Å². The largest absolute Gasteiger partial charge is 0.493 e. The van der Waals surface area contributed by atoms with Crippen molar-refractivity contribution >= 4 is 17.3 Å². The molecule has 5 aromatic heterocycles. The second-order valence-corrected chi connectivity index (χ2v) is 16.6. The van der Waals surface area contributed by atoms with Gasteiger partial charge in [-0.25, -0.2) is 19.4 Å². The first-order chi connectivity index (χ1) is 30.7. The second-order valence-electron chi connectivity index (χ2n) is 16.6. The van der Waals surface area contributed by atoms with E-state index < -0.39 is 5.97 Å². The molecule has 0 radical (unpaired) electrons. The molecule has 11 heteroatoms. The third-order valence-corrected chi connectivity index (χ3v) is 12.8. The Balaban J connectivity index is 0.000000150. The molecule has 314 valence electrons. The number of esters is 1. The molecular weight excluding hydrogens is 785 g/mol. The standard InChI is InChI=1S/C26H23N5.C26H25N3O3/c27-26(13-4-14-26)21-10-8-19(9-11-21)24-25(20-6-2-1-3-7-20)30-17-12-22(18-23(30)29-24)31-16-5-15-28-31;1-31-21-15-19(25(30)32-2)16-29-23(18-7-4-3-5-8-18)22(28-24(21)29)17-9-11-20(12-10-17)26(27)13-6-14-26/h1-3,5-12,15-18H,4,13-14,27H2;3-5,7-12,15-16H,6,13-14,27H2,1-2H3. The number of ether oxygens (including phenoxy) is 2. The van der Waals surface area contributed by atoms with E-state index in [9.17, 15) is 4.79 Å². The molecule has 9 aromatic rings. The van der Waals surface area contributed by atoms with Gasteiger partial charge in [0.2, 0.25) is 0 Å². The number of rotatable bonds is 9. The van der Waals surface area contributed by atoms with Crippen molar-refractivity contribution in [1.29, 1.82) is 0 Å². The Labute approximate surface area is 365 Å². The van der Waals surface area contributed by atoms with Crippen molar-refractivity contribution in [1.82, 2.24) is 28.5 Å². The molecule has 0 amide bonds. The van der Waals surface area contributed by atoms with Gasteiger partial charge in [-0.05, 0) is 67.9 Å². The van der Waals surface area contributed by atoms with Gasteiger partial charge in [0.05, 0.1) is 48.2 Å². The summed E-state index contributed by atoms with van der Waals surface area (Å²) < 4.78 is 16.4. The molecule has 11 nitrogen and oxygen atoms in total. The number of fused-ring (bicyclic) bond motifs is 2. The molecule has 0 atom stereocenters. The Morgan fingerprint density at radius 1 is 0.619 bits per heavy atom. The summed E-state index contributed by atoms with van der Waals surface area (Å²) in [6.07, 6.45) is 14.1. The van der Waals surface area contributed by atoms with Crippen LogP contribution in [0, 0.1) is 0 Å². The highest BCUT2D eigenvalue weighted by Gasteiger charge is 2.35. The van der Waals surface area contributed by atoms with Crippen molar-refractivity contribution in [3.05, 3.63) is 175 Å². The van der Waals surface area contributed by atoms with E-state index in [4.69, 9.17) is 30.9 Å². The van der Waals surface area contributed by atoms with Gasteiger partial charge in [0.25, 0.3) is 0 Å². The molecule has 2 aliphatic rings. The van der Waals surface area contributed by atoms with E-state index in [0.29, 0.717) is 17.0 Å². The molecule has 2 fully saturated rings. The lowest BCUT2D eigenvalue weighted by Crippen LogP contribution is -2.43. The van der Waals surface area contributed by atoms with Crippen LogP contribution in [-0.4, -0.2) is 48.7 Å². The molecule has 63 heavy (non-hydrogen) atoms. The minimum atomic E-state index is -0.433. The number of pyridine rings is 2. The van der Waals surface area contributed by atoms with E-state index in [-0.39, 0.29) is 11.1 Å². The smallest absolute Gasteiger partial charge is 0.339 e. The first-order valence-corrected chi connectivity index (χ1v) is 21.4. The molecule has 0 aliphatic heterocycles. The van der Waals surface area contributed by atoms with Gasteiger partial charge in [0.15, 0.2) is 11.4 Å². The van der Waals surface area contributed by atoms with Crippen LogP contribution in [-0.2, 0) is 15.8 Å². The zero-order chi connectivity index (χ0) is 43.1. The Kier molecular flexibility index (Phi) is 10.2. The number of carbonyl (C=O) groups excluding carboxylic acids is 1. The number of benzene rings is 4. The van der Waals surface area contributed by atoms with E-state index in [0.717, 1.165) is 87.6 Å². The molecule has 2 aliphatic carbocycles. The van der Waals surface area contributed by atoms with Crippen molar-refractivity contribution in [2.45, 2.75) is 49.6 Å². The molecule has 0 bridgehead atoms. The number of nitrogens with two attached hydrogens (primary N) is 2. The van der Waals surface area contributed by atoms with Crippen LogP contribution in [0.15, 0.2) is 158 Å². The first kappa shape index (κ1) is 39.8. The van der Waals surface area contributed by atoms with E-state index in [1.807, 2.05) is 57.7 Å². The summed E-state index contributed by atoms with van der Waals surface area (Å²) in [6, 6.07) is 45.1. The summed E-state index contributed by atoms with van der Waals surface area (Å²) in [4.78, 5) is 22.3. The van der Waals surface area contributed by atoms with Gasteiger partial charge in [0.1, 0.15) is 5.65 Å². The highest BCUT2D eigenvalue weighted by Crippen LogP contribution is 2.42. The fraction of sp³-hybridized carbons (Fsp3) is 0.192. The molecule has 0 unspecified atom stereocenters. The number of imidazole rings is 2. The Morgan fingerprint density at radius 3 is 1.67 bits per heavy atom. The van der Waals surface area contributed by atoms with Crippen LogP contribution in [0.2, 0.25) is 0 Å². The van der Waals surface area contributed by atoms with E-state index in [2.05, 4.69) is 101 Å². The summed E-state index contributed by atoms with van der Waals surface area (Å²) in [5.74, 6) is 0.0703. The minimum Gasteiger partial charge on any atom is -0.493 e. The number of hydrogen-bond acceptors (Lipinski definition) is 8. The van der Waals surface area contributed by atoms with E-state index in [1.54, 1.807) is 25.6 Å². The van der Waals surface area contributed by atoms with E-state index in [1.165, 1.54) is 25.5 Å². The van der Waals surface area contributed by atoms with Crippen LogP contribution >= 0.6 is 0 Å². The first-order valence-electron chi connectivity index (χ1n) is 21.4. The number of aromatic nitrogens is 6. The molecule has 2 saturated carbocycles. The quantitative estimate of drug-likeness (QED) is 0.137. The second kappa shape index (κ2) is 16.2. The van der Waals surface area contributed by atoms with Gasteiger partial charge < -0.3 is 20.9 Å². The molecule has 4 aromatic carbocycles. The molecule has 5 heterocycles. The lowest BCUT2D eigenvalue weighted by molar-refractivity contribution is 0.0599. The minimum absolute atomic E-state index is 0.154. The van der Waals surface area contributed by atoms with Gasteiger partial charge in [-0.15, -0.1) is 0 Å². The average Bonchev–Trinajstić information content (AvgIpc) is 4.09. The monoisotopic (exact) mass is 832 g/mol. The van der Waals surface area contributed by atoms with Crippen molar-refractivity contribution < 1.29 is 14.3 Å². The SMILES string of the molecule is COC(=O)c1cc(OC)c2nc(-c3ccc(C4(N)CCC4)cc3)c(-c3ccccc3)n2c1.NC1(c2ccc(-c3nc4cc(-n5cccn5)ccn4c3-c3ccccc3)cc2)CCC1. The molecule has 4 N–H and O–H groups in total. The fourth-order valence-corrected chi connectivity index (χ4v) is 8.85. The van der Waals surface area contributed by atoms with Crippen LogP contribution in [0.5, 0.6) is 5.75 Å². The zero-order valence-corrected chi connectivity index (χ0v) is 35.3. The van der Waals surface area contributed by atoms with Crippen LogP contribution in [0.4, 0.5) is 0 Å². The summed E-state index contributed by atoms with van der Waals surface area (Å²) >= 11 is 0. The maximum absolute atomic E-state index is 12.3. The van der Waals surface area contributed by atoms with Gasteiger partial charge >= 0.3 is 5.97 Å².